The molecule has 0 saturated carbocycles. The Morgan fingerprint density at radius 2 is 0.951 bits per heavy atom. The summed E-state index contributed by atoms with van der Waals surface area (Å²) in [6.07, 6.45) is 0. The number of carbonyl (C=O) groups excluding carboxylic acids is 4. The number of carboxylic acids is 1. The van der Waals surface area contributed by atoms with E-state index >= 15 is 0 Å². The first kappa shape index (κ1) is 28.0. The smallest absolute Gasteiger partial charge is 0.335 e. The van der Waals surface area contributed by atoms with Crippen LogP contribution >= 0.6 is 0 Å². The van der Waals surface area contributed by atoms with Crippen LogP contribution in [-0.4, -0.2) is 34.6 Å². The molecule has 0 atom stereocenters. The lowest BCUT2D eigenvalue weighted by Gasteiger charge is -2.12. The fraction of sp³-hybridized carbons (Fsp3) is 0.0333. The number of carboxylic acid groups (broad SMARTS) is 1. The van der Waals surface area contributed by atoms with Crippen LogP contribution in [0.5, 0.6) is 0 Å². The highest BCUT2D eigenvalue weighted by Crippen LogP contribution is 2.21. The molecule has 0 heterocycles. The standard InChI is InChI=1S/C30H25N5O6/c1-16(36)17-8-18(27(37)33-24-5-2-4-22(31)14-24)10-19(9-17)28(38)34-25-6-3-7-26(15-25)35-29(39)20-11-21(30(40)41)13-23(32)12-20/h2-15H,31-32H2,1H3,(H,33,37)(H,34,38)(H,35,39)(H,40,41). The second-order valence-electron chi connectivity index (χ2n) is 9.07. The summed E-state index contributed by atoms with van der Waals surface area (Å²) in [5.41, 5.74) is 13.4. The third kappa shape index (κ3) is 7.12. The Bertz CT molecular complexity index is 1720. The molecular weight excluding hydrogens is 526 g/mol. The number of aromatic carboxylic acids is 1. The fourth-order valence-electron chi connectivity index (χ4n) is 3.90. The van der Waals surface area contributed by atoms with E-state index in [9.17, 15) is 29.1 Å². The number of ketones is 1. The molecule has 8 N–H and O–H groups in total. The van der Waals surface area contributed by atoms with E-state index in [2.05, 4.69) is 16.0 Å². The van der Waals surface area contributed by atoms with E-state index in [0.717, 1.165) is 0 Å². The first-order valence-electron chi connectivity index (χ1n) is 12.2. The highest BCUT2D eigenvalue weighted by atomic mass is 16.4. The molecule has 0 unspecified atom stereocenters. The molecule has 4 rings (SSSR count). The lowest BCUT2D eigenvalue weighted by atomic mass is 10.0. The molecular formula is C30H25N5O6. The van der Waals surface area contributed by atoms with Gasteiger partial charge in [-0.1, -0.05) is 12.1 Å². The van der Waals surface area contributed by atoms with Crippen LogP contribution in [0.4, 0.5) is 28.4 Å². The molecule has 206 valence electrons. The van der Waals surface area contributed by atoms with Gasteiger partial charge in [-0.2, -0.15) is 0 Å². The number of anilines is 5. The molecule has 0 saturated heterocycles. The minimum absolute atomic E-state index is 0.0434. The lowest BCUT2D eigenvalue weighted by Crippen LogP contribution is -2.17. The third-order valence-electron chi connectivity index (χ3n) is 5.85. The van der Waals surface area contributed by atoms with E-state index in [-0.39, 0.29) is 39.3 Å². The molecule has 4 aromatic rings. The molecule has 0 fully saturated rings. The van der Waals surface area contributed by atoms with E-state index in [1.54, 1.807) is 42.5 Å². The average molecular weight is 552 g/mol. The van der Waals surface area contributed by atoms with E-state index < -0.39 is 23.7 Å². The molecule has 0 spiro atoms. The molecule has 0 aliphatic heterocycles. The second kappa shape index (κ2) is 11.8. The summed E-state index contributed by atoms with van der Waals surface area (Å²) in [5.74, 6) is -3.31. The lowest BCUT2D eigenvalue weighted by molar-refractivity contribution is 0.0696. The van der Waals surface area contributed by atoms with Gasteiger partial charge in [0.2, 0.25) is 0 Å². The van der Waals surface area contributed by atoms with Crippen LogP contribution in [0.15, 0.2) is 84.9 Å². The van der Waals surface area contributed by atoms with Crippen molar-refractivity contribution in [1.29, 1.82) is 0 Å². The molecule has 0 radical (unpaired) electrons. The van der Waals surface area contributed by atoms with Gasteiger partial charge in [-0.25, -0.2) is 4.79 Å². The van der Waals surface area contributed by atoms with Gasteiger partial charge in [0.05, 0.1) is 5.56 Å². The number of benzene rings is 4. The Labute approximate surface area is 234 Å². The van der Waals surface area contributed by atoms with Gasteiger partial charge < -0.3 is 32.5 Å². The zero-order valence-corrected chi connectivity index (χ0v) is 21.7. The van der Waals surface area contributed by atoms with Crippen molar-refractivity contribution in [3.8, 4) is 0 Å². The normalized spacial score (nSPS) is 10.4. The van der Waals surface area contributed by atoms with Gasteiger partial charge in [-0.3, -0.25) is 19.2 Å². The minimum Gasteiger partial charge on any atom is -0.478 e. The Morgan fingerprint density at radius 3 is 1.44 bits per heavy atom. The number of rotatable bonds is 8. The van der Waals surface area contributed by atoms with Crippen LogP contribution in [0.2, 0.25) is 0 Å². The molecule has 11 heteroatoms. The van der Waals surface area contributed by atoms with Crippen molar-refractivity contribution in [2.45, 2.75) is 6.92 Å². The Hall–Kier alpha value is -5.97. The van der Waals surface area contributed by atoms with Crippen LogP contribution < -0.4 is 27.4 Å². The number of nitrogens with one attached hydrogen (secondary N) is 3. The summed E-state index contributed by atoms with van der Waals surface area (Å²) in [7, 11) is 0. The van der Waals surface area contributed by atoms with Gasteiger partial charge in [0.25, 0.3) is 17.7 Å². The first-order valence-corrected chi connectivity index (χ1v) is 12.2. The van der Waals surface area contributed by atoms with Crippen LogP contribution in [0.1, 0.15) is 58.7 Å². The largest absolute Gasteiger partial charge is 0.478 e. The fourth-order valence-corrected chi connectivity index (χ4v) is 3.90. The maximum Gasteiger partial charge on any atom is 0.335 e. The van der Waals surface area contributed by atoms with Crippen molar-refractivity contribution >= 4 is 57.9 Å². The van der Waals surface area contributed by atoms with E-state index in [1.165, 1.54) is 49.4 Å². The number of carbonyl (C=O) groups is 5. The monoisotopic (exact) mass is 551 g/mol. The van der Waals surface area contributed by atoms with Crippen LogP contribution in [0.3, 0.4) is 0 Å². The Balaban J connectivity index is 1.53. The first-order chi connectivity index (χ1) is 19.5. The second-order valence-corrected chi connectivity index (χ2v) is 9.07. The van der Waals surface area contributed by atoms with Crippen LogP contribution in [0.25, 0.3) is 0 Å². The van der Waals surface area contributed by atoms with Crippen molar-refractivity contribution in [2.24, 2.45) is 0 Å². The molecule has 0 bridgehead atoms. The summed E-state index contributed by atoms with van der Waals surface area (Å²) < 4.78 is 0. The summed E-state index contributed by atoms with van der Waals surface area (Å²) in [5, 5.41) is 17.2. The number of amides is 3. The Morgan fingerprint density at radius 1 is 0.537 bits per heavy atom. The predicted octanol–water partition coefficient (Wildman–Crippen LogP) is 4.51. The topological polar surface area (TPSA) is 194 Å². The van der Waals surface area contributed by atoms with Crippen molar-refractivity contribution in [3.05, 3.63) is 113 Å². The van der Waals surface area contributed by atoms with Gasteiger partial charge in [0.1, 0.15) is 0 Å². The van der Waals surface area contributed by atoms with Crippen molar-refractivity contribution in [2.75, 3.05) is 27.4 Å². The zero-order valence-electron chi connectivity index (χ0n) is 21.7. The van der Waals surface area contributed by atoms with Crippen molar-refractivity contribution in [3.63, 3.8) is 0 Å². The van der Waals surface area contributed by atoms with E-state index in [0.29, 0.717) is 22.7 Å². The van der Waals surface area contributed by atoms with Crippen molar-refractivity contribution < 1.29 is 29.1 Å². The minimum atomic E-state index is -1.23. The zero-order chi connectivity index (χ0) is 29.7. The molecule has 0 aliphatic rings. The van der Waals surface area contributed by atoms with E-state index in [1.807, 2.05) is 0 Å². The van der Waals surface area contributed by atoms with Gasteiger partial charge >= 0.3 is 5.97 Å². The van der Waals surface area contributed by atoms with Gasteiger partial charge in [0, 0.05) is 50.7 Å². The highest BCUT2D eigenvalue weighted by Gasteiger charge is 2.17. The number of nitrogens with two attached hydrogens (primary N) is 2. The maximum atomic E-state index is 13.1. The number of Topliss-reactive ketones (excluding diaryl/α,β-unsaturated/α-hetero) is 1. The molecule has 11 nitrogen and oxygen atoms in total. The molecule has 3 amide bonds. The van der Waals surface area contributed by atoms with E-state index in [4.69, 9.17) is 11.5 Å². The third-order valence-corrected chi connectivity index (χ3v) is 5.85. The highest BCUT2D eigenvalue weighted by molar-refractivity contribution is 6.11. The number of hydrogen-bond acceptors (Lipinski definition) is 7. The SMILES string of the molecule is CC(=O)c1cc(C(=O)Nc2cccc(N)c2)cc(C(=O)Nc2cccc(NC(=O)c3cc(N)cc(C(=O)O)c3)c2)c1. The predicted molar refractivity (Wildman–Crippen MR) is 155 cm³/mol. The van der Waals surface area contributed by atoms with Crippen LogP contribution in [-0.2, 0) is 0 Å². The van der Waals surface area contributed by atoms with Gasteiger partial charge in [-0.15, -0.1) is 0 Å². The average Bonchev–Trinajstić information content (AvgIpc) is 2.92. The molecule has 0 aliphatic carbocycles. The number of hydrogen-bond donors (Lipinski definition) is 6. The summed E-state index contributed by atoms with van der Waals surface area (Å²) in [6, 6.07) is 20.7. The quantitative estimate of drug-likeness (QED) is 0.136. The summed E-state index contributed by atoms with van der Waals surface area (Å²) >= 11 is 0. The van der Waals surface area contributed by atoms with Gasteiger partial charge in [-0.05, 0) is 79.7 Å². The molecule has 4 aromatic carbocycles. The summed E-state index contributed by atoms with van der Waals surface area (Å²) in [6.45, 7) is 1.32. The van der Waals surface area contributed by atoms with Gasteiger partial charge in [0.15, 0.2) is 5.78 Å². The Kier molecular flexibility index (Phi) is 8.09. The molecule has 0 aromatic heterocycles. The summed E-state index contributed by atoms with van der Waals surface area (Å²) in [4.78, 5) is 62.2. The molecule has 41 heavy (non-hydrogen) atoms. The number of nitrogen functional groups attached to an aromatic ring is 2. The maximum absolute atomic E-state index is 13.1. The van der Waals surface area contributed by atoms with Crippen LogP contribution in [0, 0.1) is 0 Å². The van der Waals surface area contributed by atoms with Crippen molar-refractivity contribution in [1.82, 2.24) is 0 Å².